The van der Waals surface area contributed by atoms with Crippen LogP contribution >= 0.6 is 11.8 Å². The average molecular weight is 588 g/mol. The van der Waals surface area contributed by atoms with E-state index in [9.17, 15) is 19.2 Å². The summed E-state index contributed by atoms with van der Waals surface area (Å²) in [7, 11) is 4.59. The predicted octanol–water partition coefficient (Wildman–Crippen LogP) is 2.99. The Bertz CT molecular complexity index is 1350. The van der Waals surface area contributed by atoms with Gasteiger partial charge in [-0.15, -0.1) is 0 Å². The van der Waals surface area contributed by atoms with Crippen LogP contribution in [-0.2, 0) is 20.8 Å². The Labute approximate surface area is 243 Å². The summed E-state index contributed by atoms with van der Waals surface area (Å²) in [5, 5.41) is 17.6. The van der Waals surface area contributed by atoms with Crippen molar-refractivity contribution in [1.82, 2.24) is 10.6 Å². The fraction of sp³-hybridized carbons (Fsp3) is 0.448. The van der Waals surface area contributed by atoms with Crippen LogP contribution in [0.3, 0.4) is 0 Å². The van der Waals surface area contributed by atoms with Gasteiger partial charge in [-0.25, -0.2) is 0 Å². The minimum atomic E-state index is -1.02. The van der Waals surface area contributed by atoms with Gasteiger partial charge in [0.05, 0.1) is 39.5 Å². The van der Waals surface area contributed by atoms with Gasteiger partial charge in [0.25, 0.3) is 0 Å². The first-order chi connectivity index (χ1) is 19.6. The van der Waals surface area contributed by atoms with Gasteiger partial charge in [0.15, 0.2) is 11.5 Å². The lowest BCUT2D eigenvalue weighted by atomic mass is 9.95. The minimum absolute atomic E-state index is 0.0209. The summed E-state index contributed by atoms with van der Waals surface area (Å²) in [5.41, 5.74) is 2.73. The smallest absolute Gasteiger partial charge is 0.305 e. The van der Waals surface area contributed by atoms with Gasteiger partial charge in [-0.2, -0.15) is 11.8 Å². The molecule has 0 aliphatic heterocycles. The van der Waals surface area contributed by atoms with Gasteiger partial charge in [-0.3, -0.25) is 19.2 Å². The standard InChI is InChI=1S/C29H37N3O8S/c1-16(33)31-20-8-6-17-14-24(38-2)27(39-3)28(40-4)26(17)18-7-9-21(23(34)15-19(18)20)32-22(11-13-41-5)29(37)30-12-10-25(35)36/h7,9,14-15,20,22H,6,8,10-13H2,1-5H3,(H,30,37)(H,31,33)(H,32,34)(H,35,36). The zero-order valence-electron chi connectivity index (χ0n) is 23.9. The maximum absolute atomic E-state index is 13.6. The number of anilines is 1. The average Bonchev–Trinajstić information content (AvgIpc) is 3.18. The topological polar surface area (TPSA) is 152 Å². The summed E-state index contributed by atoms with van der Waals surface area (Å²) < 4.78 is 17.0. The van der Waals surface area contributed by atoms with E-state index in [0.717, 1.165) is 11.1 Å². The molecule has 222 valence electrons. The van der Waals surface area contributed by atoms with Gasteiger partial charge >= 0.3 is 5.97 Å². The molecule has 0 radical (unpaired) electrons. The normalized spacial score (nSPS) is 14.4. The van der Waals surface area contributed by atoms with Crippen molar-refractivity contribution in [3.63, 3.8) is 0 Å². The van der Waals surface area contributed by atoms with Crippen molar-refractivity contribution in [2.45, 2.75) is 44.7 Å². The molecule has 0 heterocycles. The molecule has 12 heteroatoms. The number of hydrogen-bond donors (Lipinski definition) is 4. The molecule has 0 bridgehead atoms. The molecule has 2 unspecified atom stereocenters. The molecule has 0 saturated carbocycles. The van der Waals surface area contributed by atoms with Crippen LogP contribution in [0.15, 0.2) is 29.1 Å². The molecule has 1 aliphatic rings. The maximum atomic E-state index is 13.6. The summed E-state index contributed by atoms with van der Waals surface area (Å²) in [6.45, 7) is 1.41. The number of carboxylic acids is 1. The van der Waals surface area contributed by atoms with Crippen LogP contribution in [0.5, 0.6) is 17.2 Å². The number of carbonyl (C=O) groups excluding carboxylic acids is 2. The zero-order chi connectivity index (χ0) is 30.1. The molecule has 0 spiro atoms. The van der Waals surface area contributed by atoms with Gasteiger partial charge < -0.3 is 35.3 Å². The predicted molar refractivity (Wildman–Crippen MR) is 158 cm³/mol. The van der Waals surface area contributed by atoms with Gasteiger partial charge in [0.2, 0.25) is 23.0 Å². The van der Waals surface area contributed by atoms with E-state index in [1.807, 2.05) is 12.3 Å². The summed E-state index contributed by atoms with van der Waals surface area (Å²) in [6, 6.07) is 5.53. The maximum Gasteiger partial charge on any atom is 0.305 e. The molecular formula is C29H37N3O8S. The van der Waals surface area contributed by atoms with E-state index in [2.05, 4.69) is 16.0 Å². The summed E-state index contributed by atoms with van der Waals surface area (Å²) in [6.07, 6.45) is 3.21. The summed E-state index contributed by atoms with van der Waals surface area (Å²) in [4.78, 5) is 49.5. The highest BCUT2D eigenvalue weighted by Gasteiger charge is 2.30. The first kappa shape index (κ1) is 31.6. The van der Waals surface area contributed by atoms with Crippen molar-refractivity contribution >= 4 is 35.2 Å². The molecule has 41 heavy (non-hydrogen) atoms. The van der Waals surface area contributed by atoms with Crippen LogP contribution in [-0.4, -0.2) is 68.8 Å². The fourth-order valence-corrected chi connectivity index (χ4v) is 5.41. The van der Waals surface area contributed by atoms with Crippen LogP contribution in [0.1, 0.15) is 43.4 Å². The van der Waals surface area contributed by atoms with Gasteiger partial charge in [0, 0.05) is 19.0 Å². The van der Waals surface area contributed by atoms with E-state index in [-0.39, 0.29) is 30.0 Å². The van der Waals surface area contributed by atoms with E-state index in [0.29, 0.717) is 53.4 Å². The van der Waals surface area contributed by atoms with Crippen molar-refractivity contribution in [1.29, 1.82) is 0 Å². The molecule has 2 atom stereocenters. The molecule has 2 aromatic carbocycles. The lowest BCUT2D eigenvalue weighted by Crippen LogP contribution is -2.41. The molecule has 0 fully saturated rings. The number of ether oxygens (including phenoxy) is 3. The number of aliphatic carboxylic acids is 1. The SMILES string of the molecule is COc1cc2c(c(OC)c1OC)-c1ccc(NC(CCSC)C(=O)NCCC(=O)O)c(=O)cc1C(NC(C)=O)CC2. The monoisotopic (exact) mass is 587 g/mol. The number of methoxy groups -OCH3 is 3. The summed E-state index contributed by atoms with van der Waals surface area (Å²) >= 11 is 1.55. The van der Waals surface area contributed by atoms with Crippen molar-refractivity contribution in [3.8, 4) is 28.4 Å². The zero-order valence-corrected chi connectivity index (χ0v) is 24.7. The second-order valence-corrected chi connectivity index (χ2v) is 10.5. The Balaban J connectivity index is 2.17. The number of hydrogen-bond acceptors (Lipinski definition) is 9. The number of aryl methyl sites for hydroxylation is 1. The molecular weight excluding hydrogens is 550 g/mol. The lowest BCUT2D eigenvalue weighted by Gasteiger charge is -2.19. The van der Waals surface area contributed by atoms with Crippen LogP contribution in [0.25, 0.3) is 11.1 Å². The quantitative estimate of drug-likeness (QED) is 0.275. The van der Waals surface area contributed by atoms with Crippen LogP contribution in [0.4, 0.5) is 5.69 Å². The molecule has 2 amide bonds. The molecule has 11 nitrogen and oxygen atoms in total. The third kappa shape index (κ3) is 7.63. The molecule has 4 N–H and O–H groups in total. The van der Waals surface area contributed by atoms with E-state index in [1.54, 1.807) is 31.0 Å². The molecule has 3 rings (SSSR count). The van der Waals surface area contributed by atoms with Crippen molar-refractivity contribution < 1.29 is 33.7 Å². The van der Waals surface area contributed by atoms with Crippen LogP contribution in [0, 0.1) is 0 Å². The molecule has 1 aliphatic carbocycles. The van der Waals surface area contributed by atoms with Crippen LogP contribution in [0.2, 0.25) is 0 Å². The Morgan fingerprint density at radius 3 is 2.44 bits per heavy atom. The third-order valence-corrected chi connectivity index (χ3v) is 7.45. The highest BCUT2D eigenvalue weighted by molar-refractivity contribution is 7.98. The number of nitrogens with one attached hydrogen (secondary N) is 3. The fourth-order valence-electron chi connectivity index (χ4n) is 4.93. The Morgan fingerprint density at radius 2 is 1.83 bits per heavy atom. The number of benzene rings is 1. The van der Waals surface area contributed by atoms with Gasteiger partial charge in [-0.1, -0.05) is 6.07 Å². The number of amides is 2. The summed E-state index contributed by atoms with van der Waals surface area (Å²) in [5.74, 6) is 0.339. The molecule has 0 aromatic heterocycles. The largest absolute Gasteiger partial charge is 0.493 e. The van der Waals surface area contributed by atoms with Crippen molar-refractivity contribution in [3.05, 3.63) is 45.6 Å². The number of carboxylic acid groups (broad SMARTS) is 1. The second-order valence-electron chi connectivity index (χ2n) is 9.51. The van der Waals surface area contributed by atoms with Crippen molar-refractivity contribution in [2.24, 2.45) is 0 Å². The number of carbonyl (C=O) groups is 3. The van der Waals surface area contributed by atoms with Gasteiger partial charge in [-0.05, 0) is 66.2 Å². The Hall–Kier alpha value is -3.93. The number of fused-ring (bicyclic) bond motifs is 3. The van der Waals surface area contributed by atoms with E-state index >= 15 is 0 Å². The van der Waals surface area contributed by atoms with E-state index in [4.69, 9.17) is 19.3 Å². The lowest BCUT2D eigenvalue weighted by molar-refractivity contribution is -0.137. The number of thioether (sulfide) groups is 1. The minimum Gasteiger partial charge on any atom is -0.493 e. The van der Waals surface area contributed by atoms with Crippen molar-refractivity contribution in [2.75, 3.05) is 45.2 Å². The second kappa shape index (κ2) is 14.6. The first-order valence-corrected chi connectivity index (χ1v) is 14.6. The van der Waals surface area contributed by atoms with E-state index < -0.39 is 24.0 Å². The van der Waals surface area contributed by atoms with E-state index in [1.165, 1.54) is 27.2 Å². The highest BCUT2D eigenvalue weighted by Crippen LogP contribution is 2.50. The third-order valence-electron chi connectivity index (χ3n) is 6.81. The Kier molecular flexibility index (Phi) is 11.3. The molecule has 2 aromatic rings. The Morgan fingerprint density at radius 1 is 1.10 bits per heavy atom. The highest BCUT2D eigenvalue weighted by atomic mass is 32.2. The van der Waals surface area contributed by atoms with Crippen LogP contribution < -0.4 is 35.6 Å². The first-order valence-electron chi connectivity index (χ1n) is 13.2. The number of rotatable bonds is 13. The van der Waals surface area contributed by atoms with Gasteiger partial charge in [0.1, 0.15) is 6.04 Å². The molecule has 0 saturated heterocycles.